The predicted molar refractivity (Wildman–Crippen MR) is 115 cm³/mol. The highest BCUT2D eigenvalue weighted by atomic mass is 35.5. The van der Waals surface area contributed by atoms with Crippen molar-refractivity contribution in [1.29, 1.82) is 0 Å². The second kappa shape index (κ2) is 7.05. The Morgan fingerprint density at radius 3 is 2.63 bits per heavy atom. The highest BCUT2D eigenvalue weighted by molar-refractivity contribution is 7.22. The van der Waals surface area contributed by atoms with Crippen molar-refractivity contribution < 1.29 is 5.11 Å². The minimum absolute atomic E-state index is 0.0138. The van der Waals surface area contributed by atoms with Crippen LogP contribution in [-0.4, -0.2) is 34.9 Å². The van der Waals surface area contributed by atoms with E-state index in [0.717, 1.165) is 10.4 Å². The second-order valence-electron chi connectivity index (χ2n) is 6.58. The molecule has 0 amide bonds. The third-order valence-electron chi connectivity index (χ3n) is 4.69. The van der Waals surface area contributed by atoms with Gasteiger partial charge < -0.3 is 5.11 Å². The first kappa shape index (κ1) is 18.5. The normalized spacial score (nSPS) is 11.3. The van der Waals surface area contributed by atoms with Crippen molar-refractivity contribution in [1.82, 2.24) is 29.8 Å². The molecule has 5 aromatic rings. The summed E-state index contributed by atoms with van der Waals surface area (Å²) in [6.07, 6.45) is 1.48. The molecule has 2 aromatic carbocycles. The molecular formula is C20H13ClN6O2S. The van der Waals surface area contributed by atoms with E-state index in [9.17, 15) is 9.90 Å². The van der Waals surface area contributed by atoms with Gasteiger partial charge in [0.25, 0.3) is 5.56 Å². The molecule has 0 aliphatic heterocycles. The van der Waals surface area contributed by atoms with Crippen LogP contribution in [0.5, 0.6) is 5.75 Å². The fraction of sp³-hybridized carbons (Fsp3) is 0.0500. The Bertz CT molecular complexity index is 1450. The molecule has 0 atom stereocenters. The maximum Gasteiger partial charge on any atom is 0.275 e. The predicted octanol–water partition coefficient (Wildman–Crippen LogP) is 3.66. The van der Waals surface area contributed by atoms with E-state index in [1.807, 2.05) is 30.3 Å². The third-order valence-corrected chi connectivity index (χ3v) is 6.10. The van der Waals surface area contributed by atoms with Crippen molar-refractivity contribution in [2.24, 2.45) is 7.05 Å². The highest BCUT2D eigenvalue weighted by Crippen LogP contribution is 2.32. The lowest BCUT2D eigenvalue weighted by molar-refractivity contribution is 0.476. The van der Waals surface area contributed by atoms with E-state index in [1.165, 1.54) is 33.0 Å². The van der Waals surface area contributed by atoms with Gasteiger partial charge in [-0.3, -0.25) is 9.36 Å². The van der Waals surface area contributed by atoms with Crippen molar-refractivity contribution in [3.05, 3.63) is 70.2 Å². The first-order valence-electron chi connectivity index (χ1n) is 8.84. The molecule has 0 aliphatic carbocycles. The fourth-order valence-electron chi connectivity index (χ4n) is 3.16. The number of phenolic OH excluding ortho intramolecular Hbond substituents is 1. The molecule has 0 bridgehead atoms. The van der Waals surface area contributed by atoms with Crippen molar-refractivity contribution in [2.75, 3.05) is 0 Å². The topological polar surface area (TPSA) is 98.7 Å². The SMILES string of the molecule is Cn1nnnc1-c1cc(-n2cnc3cc(-c4ccc(Cl)cc4)sc3c2=O)ccc1O. The molecule has 5 rings (SSSR count). The number of aryl methyl sites for hydroxylation is 1. The molecule has 0 fully saturated rings. The summed E-state index contributed by atoms with van der Waals surface area (Å²) in [4.78, 5) is 18.6. The summed E-state index contributed by atoms with van der Waals surface area (Å²) in [5, 5.41) is 22.2. The molecule has 0 spiro atoms. The van der Waals surface area contributed by atoms with Crippen LogP contribution in [0.2, 0.25) is 5.02 Å². The number of nitrogens with zero attached hydrogens (tertiary/aromatic N) is 6. The van der Waals surface area contributed by atoms with E-state index >= 15 is 0 Å². The van der Waals surface area contributed by atoms with Gasteiger partial charge in [-0.25, -0.2) is 9.67 Å². The van der Waals surface area contributed by atoms with E-state index in [-0.39, 0.29) is 11.3 Å². The number of tetrazole rings is 1. The Kier molecular flexibility index (Phi) is 4.34. The van der Waals surface area contributed by atoms with Gasteiger partial charge in [0, 0.05) is 16.9 Å². The summed E-state index contributed by atoms with van der Waals surface area (Å²) in [5.41, 5.74) is 2.36. The minimum atomic E-state index is -0.196. The van der Waals surface area contributed by atoms with Gasteiger partial charge in [-0.2, -0.15) is 0 Å². The van der Waals surface area contributed by atoms with E-state index < -0.39 is 0 Å². The second-order valence-corrected chi connectivity index (χ2v) is 8.07. The van der Waals surface area contributed by atoms with Gasteiger partial charge in [-0.15, -0.1) is 16.4 Å². The Morgan fingerprint density at radius 1 is 1.10 bits per heavy atom. The Hall–Kier alpha value is -3.56. The van der Waals surface area contributed by atoms with E-state index in [1.54, 1.807) is 19.2 Å². The van der Waals surface area contributed by atoms with Gasteiger partial charge in [-0.1, -0.05) is 23.7 Å². The summed E-state index contributed by atoms with van der Waals surface area (Å²) < 4.78 is 3.43. The number of rotatable bonds is 3. The number of aromatic hydroxyl groups is 1. The van der Waals surface area contributed by atoms with Crippen LogP contribution in [0.15, 0.2) is 59.7 Å². The molecule has 30 heavy (non-hydrogen) atoms. The maximum absolute atomic E-state index is 13.2. The molecular weight excluding hydrogens is 424 g/mol. The maximum atomic E-state index is 13.2. The summed E-state index contributed by atoms with van der Waals surface area (Å²) in [6, 6.07) is 14.1. The lowest BCUT2D eigenvalue weighted by Crippen LogP contribution is -2.17. The number of benzene rings is 2. The lowest BCUT2D eigenvalue weighted by atomic mass is 10.1. The molecule has 8 nitrogen and oxygen atoms in total. The fourth-order valence-corrected chi connectivity index (χ4v) is 4.34. The number of hydrogen-bond acceptors (Lipinski definition) is 7. The number of aromatic nitrogens is 6. The zero-order chi connectivity index (χ0) is 20.8. The Labute approximate surface area is 178 Å². The van der Waals surface area contributed by atoms with Crippen LogP contribution in [0.3, 0.4) is 0 Å². The Balaban J connectivity index is 1.64. The molecule has 1 N–H and O–H groups in total. The lowest BCUT2D eigenvalue weighted by Gasteiger charge is -2.08. The number of hydrogen-bond donors (Lipinski definition) is 1. The van der Waals surface area contributed by atoms with Crippen molar-refractivity contribution in [3.8, 4) is 33.3 Å². The summed E-state index contributed by atoms with van der Waals surface area (Å²) in [7, 11) is 1.67. The molecule has 0 saturated heterocycles. The molecule has 10 heteroatoms. The van der Waals surface area contributed by atoms with Gasteiger partial charge in [-0.05, 0) is 52.4 Å². The number of phenols is 1. The van der Waals surface area contributed by atoms with Crippen LogP contribution in [0.1, 0.15) is 0 Å². The molecule has 3 aromatic heterocycles. The monoisotopic (exact) mass is 436 g/mol. The van der Waals surface area contributed by atoms with Crippen LogP contribution in [0.25, 0.3) is 37.7 Å². The first-order chi connectivity index (χ1) is 14.5. The van der Waals surface area contributed by atoms with E-state index in [0.29, 0.717) is 32.3 Å². The van der Waals surface area contributed by atoms with Gasteiger partial charge in [0.2, 0.25) is 0 Å². The quantitative estimate of drug-likeness (QED) is 0.463. The molecule has 0 radical (unpaired) electrons. The summed E-state index contributed by atoms with van der Waals surface area (Å²) in [6.45, 7) is 0. The van der Waals surface area contributed by atoms with Crippen LogP contribution >= 0.6 is 22.9 Å². The number of fused-ring (bicyclic) bond motifs is 1. The van der Waals surface area contributed by atoms with Crippen LogP contribution in [0.4, 0.5) is 0 Å². The smallest absolute Gasteiger partial charge is 0.275 e. The summed E-state index contributed by atoms with van der Waals surface area (Å²) >= 11 is 7.34. The van der Waals surface area contributed by atoms with Gasteiger partial charge in [0.1, 0.15) is 16.8 Å². The van der Waals surface area contributed by atoms with Gasteiger partial charge in [0.05, 0.1) is 16.8 Å². The standard InChI is InChI=1S/C20H13ClN6O2S/c1-26-19(23-24-25-26)14-8-13(6-7-16(14)28)27-10-22-15-9-17(30-18(15)20(27)29)11-2-4-12(21)5-3-11/h2-10,28H,1H3. The Morgan fingerprint density at radius 2 is 1.90 bits per heavy atom. The minimum Gasteiger partial charge on any atom is -0.507 e. The van der Waals surface area contributed by atoms with Crippen LogP contribution in [-0.2, 0) is 7.05 Å². The van der Waals surface area contributed by atoms with Crippen LogP contribution in [0, 0.1) is 0 Å². The van der Waals surface area contributed by atoms with Crippen molar-refractivity contribution in [3.63, 3.8) is 0 Å². The van der Waals surface area contributed by atoms with Crippen molar-refractivity contribution >= 4 is 33.2 Å². The first-order valence-corrected chi connectivity index (χ1v) is 10.0. The molecule has 0 saturated carbocycles. The highest BCUT2D eigenvalue weighted by Gasteiger charge is 2.15. The van der Waals surface area contributed by atoms with Gasteiger partial charge >= 0.3 is 0 Å². The third kappa shape index (κ3) is 3.04. The van der Waals surface area contributed by atoms with Crippen molar-refractivity contribution in [2.45, 2.75) is 0 Å². The van der Waals surface area contributed by atoms with Crippen LogP contribution < -0.4 is 5.56 Å². The molecule has 148 valence electrons. The number of halogens is 1. The van der Waals surface area contributed by atoms with E-state index in [2.05, 4.69) is 20.5 Å². The van der Waals surface area contributed by atoms with E-state index in [4.69, 9.17) is 11.6 Å². The molecule has 0 aliphatic rings. The summed E-state index contributed by atoms with van der Waals surface area (Å²) in [5.74, 6) is 0.400. The largest absolute Gasteiger partial charge is 0.507 e. The molecule has 3 heterocycles. The molecule has 0 unspecified atom stereocenters. The zero-order valence-corrected chi connectivity index (χ0v) is 17.1. The van der Waals surface area contributed by atoms with Gasteiger partial charge in [0.15, 0.2) is 5.82 Å². The zero-order valence-electron chi connectivity index (χ0n) is 15.5. The average molecular weight is 437 g/mol. The number of thiophene rings is 1. The average Bonchev–Trinajstić information content (AvgIpc) is 3.36.